The molecule has 2 heterocycles. The fourth-order valence-corrected chi connectivity index (χ4v) is 3.01. The maximum atomic E-state index is 6.11. The molecule has 0 amide bonds. The van der Waals surface area contributed by atoms with E-state index >= 15 is 0 Å². The molecule has 1 fully saturated rings. The third kappa shape index (κ3) is 2.99. The zero-order chi connectivity index (χ0) is 15.8. The molecule has 1 aliphatic carbocycles. The van der Waals surface area contributed by atoms with Crippen LogP contribution in [0.15, 0.2) is 47.5 Å². The van der Waals surface area contributed by atoms with Crippen molar-refractivity contribution in [1.82, 2.24) is 19.7 Å². The molecular weight excluding hydrogens is 328 g/mol. The molecule has 0 saturated heterocycles. The highest BCUT2D eigenvalue weighted by molar-refractivity contribution is 7.98. The summed E-state index contributed by atoms with van der Waals surface area (Å²) in [6.45, 7) is 0. The Kier molecular flexibility index (Phi) is 3.83. The third-order valence-electron chi connectivity index (χ3n) is 3.83. The van der Waals surface area contributed by atoms with Crippen molar-refractivity contribution in [3.63, 3.8) is 0 Å². The molecule has 4 rings (SSSR count). The van der Waals surface area contributed by atoms with Crippen LogP contribution < -0.4 is 0 Å². The first-order chi connectivity index (χ1) is 11.2. The van der Waals surface area contributed by atoms with Gasteiger partial charge in [-0.25, -0.2) is 9.67 Å². The van der Waals surface area contributed by atoms with E-state index in [9.17, 15) is 0 Å². The van der Waals surface area contributed by atoms with Gasteiger partial charge in [0.2, 0.25) is 0 Å². The van der Waals surface area contributed by atoms with E-state index in [4.69, 9.17) is 21.7 Å². The largest absolute Gasteiger partial charge is 0.253 e. The first-order valence-electron chi connectivity index (χ1n) is 7.48. The van der Waals surface area contributed by atoms with Gasteiger partial charge in [-0.05, 0) is 55.5 Å². The number of hydrogen-bond donors (Lipinski definition) is 0. The van der Waals surface area contributed by atoms with E-state index in [-0.39, 0.29) is 0 Å². The van der Waals surface area contributed by atoms with Crippen molar-refractivity contribution >= 4 is 23.4 Å². The Hall–Kier alpha value is -1.85. The molecule has 116 valence electrons. The monoisotopic (exact) mass is 342 g/mol. The van der Waals surface area contributed by atoms with Crippen molar-refractivity contribution in [3.8, 4) is 17.2 Å². The van der Waals surface area contributed by atoms with Crippen LogP contribution in [-0.2, 0) is 0 Å². The minimum atomic E-state index is 0.486. The van der Waals surface area contributed by atoms with Gasteiger partial charge in [0.15, 0.2) is 11.6 Å². The van der Waals surface area contributed by atoms with E-state index in [1.165, 1.54) is 4.90 Å². The molecule has 2 aromatic heterocycles. The van der Waals surface area contributed by atoms with Gasteiger partial charge >= 0.3 is 0 Å². The van der Waals surface area contributed by atoms with E-state index in [2.05, 4.69) is 35.5 Å². The summed E-state index contributed by atoms with van der Waals surface area (Å²) in [4.78, 5) is 10.4. The lowest BCUT2D eigenvalue weighted by molar-refractivity contribution is 0.836. The van der Waals surface area contributed by atoms with E-state index in [1.54, 1.807) is 24.0 Å². The van der Waals surface area contributed by atoms with E-state index in [0.29, 0.717) is 10.9 Å². The van der Waals surface area contributed by atoms with Gasteiger partial charge in [0.25, 0.3) is 0 Å². The van der Waals surface area contributed by atoms with Gasteiger partial charge in [-0.1, -0.05) is 11.6 Å². The lowest BCUT2D eigenvalue weighted by Gasteiger charge is -2.06. The topological polar surface area (TPSA) is 43.6 Å². The second-order valence-electron chi connectivity index (χ2n) is 5.54. The van der Waals surface area contributed by atoms with Crippen LogP contribution in [0.4, 0.5) is 0 Å². The fraction of sp³-hybridized carbons (Fsp3) is 0.235. The Balaban J connectivity index is 1.83. The average Bonchev–Trinajstić information content (AvgIpc) is 3.34. The molecule has 0 bridgehead atoms. The predicted molar refractivity (Wildman–Crippen MR) is 93.4 cm³/mol. The van der Waals surface area contributed by atoms with Gasteiger partial charge in [0, 0.05) is 22.0 Å². The maximum Gasteiger partial charge on any atom is 0.181 e. The minimum absolute atomic E-state index is 0.486. The first-order valence-corrected chi connectivity index (χ1v) is 9.08. The van der Waals surface area contributed by atoms with Crippen LogP contribution in [0, 0.1) is 0 Å². The van der Waals surface area contributed by atoms with Crippen molar-refractivity contribution in [2.75, 3.05) is 6.26 Å². The van der Waals surface area contributed by atoms with Crippen molar-refractivity contribution in [3.05, 3.63) is 53.4 Å². The summed E-state index contributed by atoms with van der Waals surface area (Å²) >= 11 is 7.83. The minimum Gasteiger partial charge on any atom is -0.253 e. The predicted octanol–water partition coefficient (Wildman–Crippen LogP) is 4.58. The number of pyridine rings is 1. The molecule has 0 unspecified atom stereocenters. The van der Waals surface area contributed by atoms with Crippen molar-refractivity contribution < 1.29 is 0 Å². The van der Waals surface area contributed by atoms with Gasteiger partial charge in [-0.2, -0.15) is 5.10 Å². The number of aromatic nitrogens is 4. The zero-order valence-corrected chi connectivity index (χ0v) is 14.2. The van der Waals surface area contributed by atoms with Crippen LogP contribution in [0.25, 0.3) is 17.2 Å². The molecular formula is C17H15ClN4S. The van der Waals surface area contributed by atoms with Crippen LogP contribution in [0.3, 0.4) is 0 Å². The lowest BCUT2D eigenvalue weighted by Crippen LogP contribution is -2.00. The Morgan fingerprint density at radius 1 is 1.17 bits per heavy atom. The summed E-state index contributed by atoms with van der Waals surface area (Å²) in [6.07, 6.45) is 6.09. The summed E-state index contributed by atoms with van der Waals surface area (Å²) in [5.41, 5.74) is 1.73. The van der Waals surface area contributed by atoms with E-state index < -0.39 is 0 Å². The van der Waals surface area contributed by atoms with Gasteiger partial charge in [-0.15, -0.1) is 11.8 Å². The number of thioether (sulfide) groups is 1. The van der Waals surface area contributed by atoms with E-state index in [1.807, 2.05) is 10.7 Å². The smallest absolute Gasteiger partial charge is 0.181 e. The summed E-state index contributed by atoms with van der Waals surface area (Å²) in [5, 5.41) is 5.37. The van der Waals surface area contributed by atoms with Gasteiger partial charge < -0.3 is 0 Å². The second-order valence-corrected chi connectivity index (χ2v) is 6.85. The van der Waals surface area contributed by atoms with Crippen LogP contribution in [-0.4, -0.2) is 26.0 Å². The Morgan fingerprint density at radius 3 is 2.61 bits per heavy atom. The molecule has 1 saturated carbocycles. The normalized spacial score (nSPS) is 14.2. The fourth-order valence-electron chi connectivity index (χ4n) is 2.44. The summed E-state index contributed by atoms with van der Waals surface area (Å²) in [5.74, 6) is 2.13. The molecule has 23 heavy (non-hydrogen) atoms. The summed E-state index contributed by atoms with van der Waals surface area (Å²) < 4.78 is 1.87. The zero-order valence-electron chi connectivity index (χ0n) is 12.6. The maximum absolute atomic E-state index is 6.11. The van der Waals surface area contributed by atoms with Crippen molar-refractivity contribution in [1.29, 1.82) is 0 Å². The van der Waals surface area contributed by atoms with Gasteiger partial charge in [0.05, 0.1) is 5.69 Å². The molecule has 1 aromatic carbocycles. The highest BCUT2D eigenvalue weighted by Crippen LogP contribution is 2.39. The highest BCUT2D eigenvalue weighted by Gasteiger charge is 2.29. The van der Waals surface area contributed by atoms with Crippen LogP contribution in [0.2, 0.25) is 5.02 Å². The number of benzene rings is 1. The number of nitrogens with zero attached hydrogens (tertiary/aromatic N) is 4. The second kappa shape index (κ2) is 5.98. The third-order valence-corrected chi connectivity index (χ3v) is 4.81. The highest BCUT2D eigenvalue weighted by atomic mass is 35.5. The molecule has 0 radical (unpaired) electrons. The number of rotatable bonds is 4. The number of halogens is 1. The van der Waals surface area contributed by atoms with Crippen LogP contribution in [0.5, 0.6) is 0 Å². The SMILES string of the molecule is CSc1ccc(-n2nc(C3CC3)nc2-c2cc(Cl)ccn2)cc1. The number of hydrogen-bond acceptors (Lipinski definition) is 4. The van der Waals surface area contributed by atoms with Crippen molar-refractivity contribution in [2.45, 2.75) is 23.7 Å². The quantitative estimate of drug-likeness (QED) is 0.651. The van der Waals surface area contributed by atoms with Crippen molar-refractivity contribution in [2.24, 2.45) is 0 Å². The molecule has 0 N–H and O–H groups in total. The molecule has 0 spiro atoms. The van der Waals surface area contributed by atoms with Gasteiger partial charge in [-0.3, -0.25) is 4.98 Å². The van der Waals surface area contributed by atoms with E-state index in [0.717, 1.165) is 35.9 Å². The van der Waals surface area contributed by atoms with Gasteiger partial charge in [0.1, 0.15) is 5.69 Å². The summed E-state index contributed by atoms with van der Waals surface area (Å²) in [6, 6.07) is 11.9. The van der Waals surface area contributed by atoms with Crippen LogP contribution >= 0.6 is 23.4 Å². The van der Waals surface area contributed by atoms with Crippen LogP contribution in [0.1, 0.15) is 24.6 Å². The lowest BCUT2D eigenvalue weighted by atomic mass is 10.3. The molecule has 6 heteroatoms. The first kappa shape index (κ1) is 14.7. The Labute approximate surface area is 143 Å². The molecule has 3 aromatic rings. The molecule has 0 aliphatic heterocycles. The molecule has 1 aliphatic rings. The standard InChI is InChI=1S/C17H15ClN4S/c1-23-14-6-4-13(5-7-14)22-17(15-10-12(18)8-9-19-15)20-16(21-22)11-2-3-11/h4-11H,2-3H2,1H3. The Bertz CT molecular complexity index is 840. The average molecular weight is 343 g/mol. The summed E-state index contributed by atoms with van der Waals surface area (Å²) in [7, 11) is 0. The molecule has 4 nitrogen and oxygen atoms in total. The molecule has 0 atom stereocenters. The Morgan fingerprint density at radius 2 is 1.96 bits per heavy atom.